The van der Waals surface area contributed by atoms with E-state index >= 15 is 0 Å². The lowest BCUT2D eigenvalue weighted by atomic mass is 10.0. The zero-order chi connectivity index (χ0) is 26.0. The van der Waals surface area contributed by atoms with Gasteiger partial charge in [0.2, 0.25) is 10.0 Å². The molecule has 0 aromatic heterocycles. The van der Waals surface area contributed by atoms with Crippen molar-refractivity contribution in [2.75, 3.05) is 13.7 Å². The number of nitrogens with one attached hydrogen (secondary N) is 1. The predicted octanol–water partition coefficient (Wildman–Crippen LogP) is 3.96. The first-order valence-corrected chi connectivity index (χ1v) is 12.8. The van der Waals surface area contributed by atoms with E-state index in [4.69, 9.17) is 9.47 Å². The minimum atomic E-state index is -4.17. The van der Waals surface area contributed by atoms with Crippen LogP contribution in [0, 0.1) is 0 Å². The van der Waals surface area contributed by atoms with Gasteiger partial charge in [-0.3, -0.25) is 10.0 Å². The largest absolute Gasteiger partial charge is 0.497 e. The normalized spacial score (nSPS) is 12.1. The third-order valence-electron chi connectivity index (χ3n) is 5.55. The van der Waals surface area contributed by atoms with Gasteiger partial charge in [0.05, 0.1) is 18.6 Å². The van der Waals surface area contributed by atoms with E-state index in [2.05, 4.69) is 6.58 Å². The van der Waals surface area contributed by atoms with Crippen LogP contribution >= 0.6 is 0 Å². The van der Waals surface area contributed by atoms with Crippen molar-refractivity contribution >= 4 is 15.9 Å². The maximum Gasteiger partial charge on any atom is 0.262 e. The van der Waals surface area contributed by atoms with Gasteiger partial charge in [0.1, 0.15) is 17.5 Å². The molecule has 0 spiro atoms. The number of nitrogens with zero attached hydrogens (tertiary/aromatic N) is 1. The molecule has 3 aromatic carbocycles. The lowest BCUT2D eigenvalue weighted by Gasteiger charge is -2.30. The number of hydrogen-bond donors (Lipinski definition) is 2. The van der Waals surface area contributed by atoms with E-state index in [0.29, 0.717) is 30.1 Å². The van der Waals surface area contributed by atoms with Crippen LogP contribution in [-0.2, 0) is 27.8 Å². The summed E-state index contributed by atoms with van der Waals surface area (Å²) in [7, 11) is -2.63. The smallest absolute Gasteiger partial charge is 0.262 e. The van der Waals surface area contributed by atoms with E-state index < -0.39 is 22.0 Å². The monoisotopic (exact) mass is 510 g/mol. The second-order valence-electron chi connectivity index (χ2n) is 7.98. The molecule has 0 radical (unpaired) electrons. The van der Waals surface area contributed by atoms with Crippen LogP contribution in [0.4, 0.5) is 0 Å². The molecule has 36 heavy (non-hydrogen) atoms. The molecule has 2 N–H and O–H groups in total. The highest BCUT2D eigenvalue weighted by Crippen LogP contribution is 2.26. The summed E-state index contributed by atoms with van der Waals surface area (Å²) in [5.41, 5.74) is 3.03. The molecule has 1 amide bonds. The van der Waals surface area contributed by atoms with Gasteiger partial charge in [-0.25, -0.2) is 13.9 Å². The van der Waals surface area contributed by atoms with E-state index in [1.54, 1.807) is 72.2 Å². The van der Waals surface area contributed by atoms with Crippen LogP contribution in [-0.4, -0.2) is 43.6 Å². The Morgan fingerprint density at radius 1 is 1.00 bits per heavy atom. The summed E-state index contributed by atoms with van der Waals surface area (Å²) in [6.07, 6.45) is 2.45. The molecular weight excluding hydrogens is 480 g/mol. The van der Waals surface area contributed by atoms with Gasteiger partial charge in [0, 0.05) is 6.54 Å². The van der Waals surface area contributed by atoms with Gasteiger partial charge >= 0.3 is 0 Å². The van der Waals surface area contributed by atoms with Crippen molar-refractivity contribution in [1.29, 1.82) is 0 Å². The number of hydroxylamine groups is 1. The first kappa shape index (κ1) is 26.9. The Balaban J connectivity index is 2.00. The minimum absolute atomic E-state index is 0.00381. The third kappa shape index (κ3) is 6.94. The molecule has 0 saturated carbocycles. The van der Waals surface area contributed by atoms with E-state index in [0.717, 1.165) is 9.87 Å². The molecule has 3 rings (SSSR count). The van der Waals surface area contributed by atoms with Crippen molar-refractivity contribution in [1.82, 2.24) is 9.79 Å². The third-order valence-corrected chi connectivity index (χ3v) is 7.42. The fraction of sp³-hybridized carbons (Fsp3) is 0.222. The fourth-order valence-electron chi connectivity index (χ4n) is 3.61. The van der Waals surface area contributed by atoms with Crippen LogP contribution in [0.3, 0.4) is 0 Å². The van der Waals surface area contributed by atoms with Crippen LogP contribution in [0.2, 0.25) is 0 Å². The summed E-state index contributed by atoms with van der Waals surface area (Å²) < 4.78 is 39.6. The zero-order valence-corrected chi connectivity index (χ0v) is 20.9. The van der Waals surface area contributed by atoms with Crippen LogP contribution in [0.15, 0.2) is 96.4 Å². The lowest BCUT2D eigenvalue weighted by molar-refractivity contribution is -0.133. The quantitative estimate of drug-likeness (QED) is 0.156. The van der Waals surface area contributed by atoms with Gasteiger partial charge in [-0.15, -0.1) is 6.58 Å². The molecule has 1 atom stereocenters. The van der Waals surface area contributed by atoms with E-state index in [-0.39, 0.29) is 17.9 Å². The molecule has 190 valence electrons. The van der Waals surface area contributed by atoms with Gasteiger partial charge in [-0.2, -0.15) is 4.31 Å². The molecule has 0 bridgehead atoms. The lowest BCUT2D eigenvalue weighted by Crippen LogP contribution is -2.49. The number of rotatable bonds is 13. The van der Waals surface area contributed by atoms with Gasteiger partial charge in [0.15, 0.2) is 0 Å². The second-order valence-corrected chi connectivity index (χ2v) is 9.87. The zero-order valence-electron chi connectivity index (χ0n) is 20.0. The van der Waals surface area contributed by atoms with Crippen LogP contribution in [0.1, 0.15) is 17.5 Å². The SMILES string of the molecule is C=CCCOc1ccc(S(=O)(=O)N(Cc2ccc(OC)cc2)C(Cc2ccccc2)C(=O)NO)cc1. The summed E-state index contributed by atoms with van der Waals surface area (Å²) in [5.74, 6) is 0.306. The summed E-state index contributed by atoms with van der Waals surface area (Å²) in [4.78, 5) is 12.8. The predicted molar refractivity (Wildman–Crippen MR) is 136 cm³/mol. The second kappa shape index (κ2) is 12.9. The highest BCUT2D eigenvalue weighted by Gasteiger charge is 2.36. The average Bonchev–Trinajstić information content (AvgIpc) is 2.91. The molecule has 3 aromatic rings. The molecule has 0 aliphatic carbocycles. The first-order chi connectivity index (χ1) is 17.4. The van der Waals surface area contributed by atoms with Crippen molar-refractivity contribution in [3.05, 3.63) is 103 Å². The molecular formula is C27H30N2O6S. The average molecular weight is 511 g/mol. The number of methoxy groups -OCH3 is 1. The Kier molecular flexibility index (Phi) is 9.63. The summed E-state index contributed by atoms with van der Waals surface area (Å²) in [6.45, 7) is 3.97. The topological polar surface area (TPSA) is 105 Å². The van der Waals surface area contributed by atoms with Crippen LogP contribution < -0.4 is 15.0 Å². The Labute approximate surface area is 211 Å². The molecule has 0 fully saturated rings. The Morgan fingerprint density at radius 2 is 1.64 bits per heavy atom. The summed E-state index contributed by atoms with van der Waals surface area (Å²) in [6, 6.07) is 20.7. The number of amides is 1. The van der Waals surface area contributed by atoms with Crippen molar-refractivity contribution in [2.45, 2.75) is 30.3 Å². The minimum Gasteiger partial charge on any atom is -0.497 e. The number of carbonyl (C=O) groups excluding carboxylic acids is 1. The van der Waals surface area contributed by atoms with Crippen molar-refractivity contribution in [2.24, 2.45) is 0 Å². The summed E-state index contributed by atoms with van der Waals surface area (Å²) in [5, 5.41) is 9.48. The molecule has 1 unspecified atom stereocenters. The van der Waals surface area contributed by atoms with Crippen molar-refractivity contribution < 1.29 is 27.9 Å². The van der Waals surface area contributed by atoms with Crippen LogP contribution in [0.5, 0.6) is 11.5 Å². The Bertz CT molecular complexity index is 1230. The molecule has 8 nitrogen and oxygen atoms in total. The Morgan fingerprint density at radius 3 is 2.22 bits per heavy atom. The molecule has 9 heteroatoms. The number of carbonyl (C=O) groups is 1. The molecule has 0 aliphatic heterocycles. The number of sulfonamides is 1. The van der Waals surface area contributed by atoms with Gasteiger partial charge in [-0.1, -0.05) is 48.5 Å². The number of hydrogen-bond acceptors (Lipinski definition) is 6. The first-order valence-electron chi connectivity index (χ1n) is 11.4. The molecule has 0 aliphatic rings. The highest BCUT2D eigenvalue weighted by atomic mass is 32.2. The number of benzene rings is 3. The van der Waals surface area contributed by atoms with Gasteiger partial charge < -0.3 is 9.47 Å². The maximum atomic E-state index is 13.9. The Hall–Kier alpha value is -3.66. The van der Waals surface area contributed by atoms with Crippen molar-refractivity contribution in [3.8, 4) is 11.5 Å². The van der Waals surface area contributed by atoms with Crippen molar-refractivity contribution in [3.63, 3.8) is 0 Å². The highest BCUT2D eigenvalue weighted by molar-refractivity contribution is 7.89. The molecule has 0 saturated heterocycles. The maximum absolute atomic E-state index is 13.9. The van der Waals surface area contributed by atoms with E-state index in [9.17, 15) is 18.4 Å². The van der Waals surface area contributed by atoms with Gasteiger partial charge in [0.25, 0.3) is 5.91 Å². The number of ether oxygens (including phenoxy) is 2. The van der Waals surface area contributed by atoms with Crippen LogP contribution in [0.25, 0.3) is 0 Å². The summed E-state index contributed by atoms with van der Waals surface area (Å²) >= 11 is 0. The van der Waals surface area contributed by atoms with E-state index in [1.165, 1.54) is 19.2 Å². The van der Waals surface area contributed by atoms with E-state index in [1.807, 2.05) is 6.07 Å². The van der Waals surface area contributed by atoms with Gasteiger partial charge in [-0.05, 0) is 60.4 Å². The molecule has 0 heterocycles. The fourth-order valence-corrected chi connectivity index (χ4v) is 5.19. The standard InChI is InChI=1S/C27H30N2O6S/c1-3-4-18-35-24-14-16-25(17-15-24)36(32,33)29(20-22-10-12-23(34-2)13-11-22)26(27(30)28-31)19-21-8-6-5-7-9-21/h3,5-17,26,31H,1,4,18-20H2,2H3,(H,28,30).